The number of unbranched alkanes of at least 4 members (excludes halogenated alkanes) is 33. The molecule has 0 rings (SSSR count). The zero-order valence-corrected chi connectivity index (χ0v) is 48.1. The lowest BCUT2D eigenvalue weighted by molar-refractivity contribution is -0.167. The van der Waals surface area contributed by atoms with Crippen LogP contribution in [0.1, 0.15) is 303 Å². The standard InChI is InChI=1S/C67H116O6/c1-4-7-10-13-16-19-22-25-28-31-34-37-39-42-45-48-51-54-57-60-66(69)72-63-64(73-67(70)61-58-55-52-49-46-43-40-36-33-30-27-24-21-18-15-12-9-6-3)62-71-65(68)59-56-53-50-47-44-41-38-35-32-29-26-23-20-17-14-11-8-5-2/h7,10,16,19,25,28-30,32-33,35-36,38,40,64H,4-6,8-9,11-15,17-18,20-24,26-27,31,34,37,39,41-63H2,1-3H3/b10-7-,19-16-,28-25-,32-29-,33-30-,38-35-,40-36-. The Morgan fingerprint density at radius 1 is 0.301 bits per heavy atom. The smallest absolute Gasteiger partial charge is 0.306 e. The van der Waals surface area contributed by atoms with Crippen LogP contribution in [0.5, 0.6) is 0 Å². The molecule has 1 unspecified atom stereocenters. The Morgan fingerprint density at radius 3 is 0.918 bits per heavy atom. The number of allylic oxidation sites excluding steroid dienone is 14. The van der Waals surface area contributed by atoms with E-state index in [0.29, 0.717) is 19.3 Å². The van der Waals surface area contributed by atoms with Crippen LogP contribution < -0.4 is 0 Å². The maximum absolute atomic E-state index is 12.9. The monoisotopic (exact) mass is 1020 g/mol. The number of esters is 3. The maximum atomic E-state index is 12.9. The summed E-state index contributed by atoms with van der Waals surface area (Å²) >= 11 is 0. The minimum Gasteiger partial charge on any atom is -0.462 e. The molecular weight excluding hydrogens is 901 g/mol. The van der Waals surface area contributed by atoms with Crippen LogP contribution in [0.2, 0.25) is 0 Å². The highest BCUT2D eigenvalue weighted by Crippen LogP contribution is 2.15. The molecule has 0 fully saturated rings. The minimum absolute atomic E-state index is 0.0904. The summed E-state index contributed by atoms with van der Waals surface area (Å²) in [6.07, 6.45) is 80.0. The molecular formula is C67H116O6. The van der Waals surface area contributed by atoms with E-state index >= 15 is 0 Å². The molecule has 0 aromatic rings. The third-order valence-corrected chi connectivity index (χ3v) is 13.4. The zero-order valence-electron chi connectivity index (χ0n) is 48.1. The van der Waals surface area contributed by atoms with E-state index in [1.54, 1.807) is 0 Å². The van der Waals surface area contributed by atoms with Crippen LogP contribution in [0.15, 0.2) is 85.1 Å². The Hall–Kier alpha value is -3.41. The summed E-state index contributed by atoms with van der Waals surface area (Å²) in [6, 6.07) is 0. The molecule has 0 N–H and O–H groups in total. The van der Waals surface area contributed by atoms with Crippen molar-refractivity contribution in [2.75, 3.05) is 13.2 Å². The van der Waals surface area contributed by atoms with E-state index in [9.17, 15) is 14.4 Å². The lowest BCUT2D eigenvalue weighted by Gasteiger charge is -2.18. The maximum Gasteiger partial charge on any atom is 0.306 e. The van der Waals surface area contributed by atoms with Gasteiger partial charge in [-0.15, -0.1) is 0 Å². The molecule has 0 amide bonds. The average molecular weight is 1020 g/mol. The number of carbonyl (C=O) groups is 3. The van der Waals surface area contributed by atoms with Gasteiger partial charge in [-0.05, 0) is 103 Å². The van der Waals surface area contributed by atoms with Crippen LogP contribution in [0.25, 0.3) is 0 Å². The van der Waals surface area contributed by atoms with Crippen LogP contribution in [0.3, 0.4) is 0 Å². The summed E-state index contributed by atoms with van der Waals surface area (Å²) in [5.74, 6) is -0.915. The van der Waals surface area contributed by atoms with Crippen LogP contribution >= 0.6 is 0 Å². The Bertz CT molecular complexity index is 1400. The molecule has 1 atom stereocenters. The minimum atomic E-state index is -0.795. The van der Waals surface area contributed by atoms with Crippen molar-refractivity contribution in [3.63, 3.8) is 0 Å². The van der Waals surface area contributed by atoms with E-state index in [1.807, 2.05) is 0 Å². The average Bonchev–Trinajstić information content (AvgIpc) is 3.39. The van der Waals surface area contributed by atoms with Crippen LogP contribution in [0.4, 0.5) is 0 Å². The molecule has 0 aromatic carbocycles. The molecule has 0 bridgehead atoms. The first-order valence-electron chi connectivity index (χ1n) is 31.1. The van der Waals surface area contributed by atoms with Crippen LogP contribution in [-0.2, 0) is 28.6 Å². The number of rotatable bonds is 56. The van der Waals surface area contributed by atoms with Crippen LogP contribution in [0, 0.1) is 0 Å². The fourth-order valence-electron chi connectivity index (χ4n) is 8.73. The molecule has 73 heavy (non-hydrogen) atoms. The van der Waals surface area contributed by atoms with Gasteiger partial charge in [-0.2, -0.15) is 0 Å². The predicted octanol–water partition coefficient (Wildman–Crippen LogP) is 21.1. The topological polar surface area (TPSA) is 78.9 Å². The van der Waals surface area contributed by atoms with E-state index in [-0.39, 0.29) is 31.1 Å². The van der Waals surface area contributed by atoms with Gasteiger partial charge < -0.3 is 14.2 Å². The summed E-state index contributed by atoms with van der Waals surface area (Å²) in [5.41, 5.74) is 0. The molecule has 0 saturated heterocycles. The summed E-state index contributed by atoms with van der Waals surface area (Å²) < 4.78 is 16.9. The van der Waals surface area contributed by atoms with Gasteiger partial charge in [0.25, 0.3) is 0 Å². The molecule has 0 heterocycles. The highest BCUT2D eigenvalue weighted by molar-refractivity contribution is 5.71. The summed E-state index contributed by atoms with van der Waals surface area (Å²) in [5, 5.41) is 0. The second-order valence-electron chi connectivity index (χ2n) is 20.6. The van der Waals surface area contributed by atoms with Crippen LogP contribution in [-0.4, -0.2) is 37.2 Å². The zero-order chi connectivity index (χ0) is 52.9. The molecule has 0 saturated carbocycles. The molecule has 0 aliphatic rings. The number of ether oxygens (including phenoxy) is 3. The van der Waals surface area contributed by atoms with Gasteiger partial charge in [-0.1, -0.05) is 266 Å². The SMILES string of the molecule is CC/C=C\C/C=C\C/C=C\CCCCCCCCCCCC(=O)OCC(COC(=O)CCCCCCC/C=C\C=C/CCCCCCCCC)OC(=O)CCCCCCC/C=C\C=C/CCCCCCCCC. The summed E-state index contributed by atoms with van der Waals surface area (Å²) in [6.45, 7) is 6.52. The molecule has 420 valence electrons. The second kappa shape index (κ2) is 61.1. The van der Waals surface area contributed by atoms with Gasteiger partial charge in [0.15, 0.2) is 6.10 Å². The first kappa shape index (κ1) is 69.6. The molecule has 0 radical (unpaired) electrons. The molecule has 6 heteroatoms. The van der Waals surface area contributed by atoms with E-state index in [4.69, 9.17) is 14.2 Å². The van der Waals surface area contributed by atoms with E-state index < -0.39 is 6.10 Å². The van der Waals surface area contributed by atoms with Gasteiger partial charge in [0.1, 0.15) is 13.2 Å². The third-order valence-electron chi connectivity index (χ3n) is 13.4. The Balaban J connectivity index is 4.44. The van der Waals surface area contributed by atoms with E-state index in [0.717, 1.165) is 116 Å². The first-order valence-corrected chi connectivity index (χ1v) is 31.1. The fraction of sp³-hybridized carbons (Fsp3) is 0.746. The van der Waals surface area contributed by atoms with Crippen molar-refractivity contribution in [3.8, 4) is 0 Å². The van der Waals surface area contributed by atoms with E-state index in [1.165, 1.54) is 148 Å². The Labute approximate surface area is 452 Å². The lowest BCUT2D eigenvalue weighted by Crippen LogP contribution is -2.30. The second-order valence-corrected chi connectivity index (χ2v) is 20.6. The van der Waals surface area contributed by atoms with Crippen molar-refractivity contribution in [1.29, 1.82) is 0 Å². The molecule has 0 spiro atoms. The number of hydrogen-bond acceptors (Lipinski definition) is 6. The van der Waals surface area contributed by atoms with Crippen molar-refractivity contribution >= 4 is 17.9 Å². The Morgan fingerprint density at radius 2 is 0.575 bits per heavy atom. The molecule has 6 nitrogen and oxygen atoms in total. The quantitative estimate of drug-likeness (QED) is 0.0199. The van der Waals surface area contributed by atoms with Crippen molar-refractivity contribution in [2.45, 2.75) is 309 Å². The van der Waals surface area contributed by atoms with Crippen molar-refractivity contribution in [1.82, 2.24) is 0 Å². The third kappa shape index (κ3) is 59.3. The summed E-state index contributed by atoms with van der Waals surface area (Å²) in [4.78, 5) is 38.3. The fourth-order valence-corrected chi connectivity index (χ4v) is 8.73. The van der Waals surface area contributed by atoms with Crippen molar-refractivity contribution in [2.24, 2.45) is 0 Å². The highest BCUT2D eigenvalue weighted by atomic mass is 16.6. The summed E-state index contributed by atoms with van der Waals surface area (Å²) in [7, 11) is 0. The molecule has 0 aliphatic carbocycles. The predicted molar refractivity (Wildman–Crippen MR) is 316 cm³/mol. The molecule has 0 aliphatic heterocycles. The van der Waals surface area contributed by atoms with Gasteiger partial charge in [-0.25, -0.2) is 0 Å². The van der Waals surface area contributed by atoms with Gasteiger partial charge in [0.2, 0.25) is 0 Å². The highest BCUT2D eigenvalue weighted by Gasteiger charge is 2.19. The van der Waals surface area contributed by atoms with Gasteiger partial charge in [0, 0.05) is 19.3 Å². The van der Waals surface area contributed by atoms with Crippen molar-refractivity contribution in [3.05, 3.63) is 85.1 Å². The number of hydrogen-bond donors (Lipinski definition) is 0. The number of carbonyl (C=O) groups excluding carboxylic acids is 3. The Kier molecular flexibility index (Phi) is 58.3. The molecule has 0 aromatic heterocycles. The first-order chi connectivity index (χ1) is 36.0. The normalized spacial score (nSPS) is 12.6. The van der Waals surface area contributed by atoms with Gasteiger partial charge >= 0.3 is 17.9 Å². The van der Waals surface area contributed by atoms with Crippen molar-refractivity contribution < 1.29 is 28.6 Å². The largest absolute Gasteiger partial charge is 0.462 e. The van der Waals surface area contributed by atoms with E-state index in [2.05, 4.69) is 106 Å². The lowest BCUT2D eigenvalue weighted by atomic mass is 10.1. The van der Waals surface area contributed by atoms with Gasteiger partial charge in [0.05, 0.1) is 0 Å². The van der Waals surface area contributed by atoms with Gasteiger partial charge in [-0.3, -0.25) is 14.4 Å².